The lowest BCUT2D eigenvalue weighted by Gasteiger charge is -2.26. The van der Waals surface area contributed by atoms with E-state index >= 15 is 0 Å². The number of aliphatic hydroxyl groups is 1. The quantitative estimate of drug-likeness (QED) is 0.694. The van der Waals surface area contributed by atoms with Crippen LogP contribution in [0.4, 0.5) is 0 Å². The Morgan fingerprint density at radius 3 is 2.62 bits per heavy atom. The zero-order chi connectivity index (χ0) is 16.1. The van der Waals surface area contributed by atoms with E-state index in [1.165, 1.54) is 4.31 Å². The minimum atomic E-state index is -3.36. The number of hydrogen-bond acceptors (Lipinski definition) is 4. The van der Waals surface area contributed by atoms with E-state index < -0.39 is 21.7 Å². The van der Waals surface area contributed by atoms with Gasteiger partial charge in [-0.2, -0.15) is 4.31 Å². The van der Waals surface area contributed by atoms with Crippen molar-refractivity contribution in [2.45, 2.75) is 64.5 Å². The third-order valence-electron chi connectivity index (χ3n) is 3.76. The minimum Gasteiger partial charge on any atom is -0.388 e. The molecule has 21 heavy (non-hydrogen) atoms. The van der Waals surface area contributed by atoms with Crippen molar-refractivity contribution in [3.8, 4) is 0 Å². The highest BCUT2D eigenvalue weighted by atomic mass is 32.2. The molecule has 0 aliphatic carbocycles. The second kappa shape index (κ2) is 7.56. The fraction of sp³-hybridized carbons (Fsp3) is 0.929. The van der Waals surface area contributed by atoms with E-state index in [-0.39, 0.29) is 18.2 Å². The van der Waals surface area contributed by atoms with E-state index in [9.17, 15) is 18.3 Å². The van der Waals surface area contributed by atoms with Crippen LogP contribution in [-0.4, -0.2) is 54.2 Å². The number of amides is 1. The normalized spacial score (nSPS) is 23.0. The van der Waals surface area contributed by atoms with Gasteiger partial charge in [-0.3, -0.25) is 4.79 Å². The van der Waals surface area contributed by atoms with E-state index in [1.807, 2.05) is 13.8 Å². The Labute approximate surface area is 128 Å². The van der Waals surface area contributed by atoms with Crippen molar-refractivity contribution in [1.82, 2.24) is 9.62 Å². The monoisotopic (exact) mass is 320 g/mol. The molecule has 6 nitrogen and oxygen atoms in total. The number of nitrogens with one attached hydrogen (secondary N) is 1. The van der Waals surface area contributed by atoms with Gasteiger partial charge in [0.1, 0.15) is 6.04 Å². The summed E-state index contributed by atoms with van der Waals surface area (Å²) < 4.78 is 25.6. The topological polar surface area (TPSA) is 86.7 Å². The molecule has 0 aromatic heterocycles. The maximum absolute atomic E-state index is 12.2. The number of sulfonamides is 1. The van der Waals surface area contributed by atoms with Gasteiger partial charge in [0.25, 0.3) is 0 Å². The van der Waals surface area contributed by atoms with Gasteiger partial charge in [0.15, 0.2) is 0 Å². The van der Waals surface area contributed by atoms with Crippen molar-refractivity contribution in [3.05, 3.63) is 0 Å². The molecule has 1 saturated heterocycles. The lowest BCUT2D eigenvalue weighted by molar-refractivity contribution is -0.125. The second-order valence-corrected chi connectivity index (χ2v) is 8.09. The first-order chi connectivity index (χ1) is 9.73. The molecule has 1 amide bonds. The highest BCUT2D eigenvalue weighted by Gasteiger charge is 2.38. The highest BCUT2D eigenvalue weighted by molar-refractivity contribution is 7.89. The Hall–Kier alpha value is -0.660. The van der Waals surface area contributed by atoms with Gasteiger partial charge < -0.3 is 10.4 Å². The Morgan fingerprint density at radius 2 is 2.05 bits per heavy atom. The molecule has 0 aromatic carbocycles. The molecule has 1 aliphatic heterocycles. The second-order valence-electron chi connectivity index (χ2n) is 6.05. The molecule has 0 spiro atoms. The van der Waals surface area contributed by atoms with Crippen molar-refractivity contribution >= 4 is 15.9 Å². The van der Waals surface area contributed by atoms with Gasteiger partial charge in [0.2, 0.25) is 15.9 Å². The lowest BCUT2D eigenvalue weighted by atomic mass is 10.0. The number of carbonyl (C=O) groups excluding carboxylic acids is 1. The molecule has 124 valence electrons. The molecule has 0 aromatic rings. The van der Waals surface area contributed by atoms with E-state index in [4.69, 9.17) is 0 Å². The molecule has 1 aliphatic rings. The van der Waals surface area contributed by atoms with Crippen LogP contribution in [0.2, 0.25) is 0 Å². The molecular formula is C14H28N2O4S. The molecular weight excluding hydrogens is 292 g/mol. The molecule has 1 heterocycles. The third-order valence-corrected chi connectivity index (χ3v) is 5.83. The molecule has 1 fully saturated rings. The summed E-state index contributed by atoms with van der Waals surface area (Å²) >= 11 is 0. The zero-order valence-corrected chi connectivity index (χ0v) is 14.1. The van der Waals surface area contributed by atoms with Crippen LogP contribution in [0.3, 0.4) is 0 Å². The predicted octanol–water partition coefficient (Wildman–Crippen LogP) is 0.858. The van der Waals surface area contributed by atoms with Crippen molar-refractivity contribution in [2.24, 2.45) is 0 Å². The van der Waals surface area contributed by atoms with Crippen LogP contribution < -0.4 is 5.32 Å². The zero-order valence-electron chi connectivity index (χ0n) is 13.3. The van der Waals surface area contributed by atoms with E-state index in [2.05, 4.69) is 5.32 Å². The van der Waals surface area contributed by atoms with Crippen LogP contribution >= 0.6 is 0 Å². The van der Waals surface area contributed by atoms with Crippen molar-refractivity contribution < 1.29 is 18.3 Å². The minimum absolute atomic E-state index is 0.0737. The summed E-state index contributed by atoms with van der Waals surface area (Å²) in [5.41, 5.74) is -0.948. The molecule has 0 bridgehead atoms. The lowest BCUT2D eigenvalue weighted by Crippen LogP contribution is -2.50. The van der Waals surface area contributed by atoms with Gasteiger partial charge in [0.05, 0.1) is 11.4 Å². The van der Waals surface area contributed by atoms with Crippen LogP contribution in [0, 0.1) is 0 Å². The molecule has 0 saturated carbocycles. The fourth-order valence-electron chi connectivity index (χ4n) is 2.73. The summed E-state index contributed by atoms with van der Waals surface area (Å²) in [5, 5.41) is 12.8. The molecule has 2 atom stereocenters. The van der Waals surface area contributed by atoms with Gasteiger partial charge in [-0.1, -0.05) is 20.3 Å². The van der Waals surface area contributed by atoms with Gasteiger partial charge in [-0.05, 0) is 32.6 Å². The van der Waals surface area contributed by atoms with Gasteiger partial charge >= 0.3 is 0 Å². The fourth-order valence-corrected chi connectivity index (χ4v) is 4.48. The Morgan fingerprint density at radius 1 is 1.38 bits per heavy atom. The van der Waals surface area contributed by atoms with E-state index in [1.54, 1.807) is 6.92 Å². The van der Waals surface area contributed by atoms with Gasteiger partial charge in [0, 0.05) is 13.1 Å². The van der Waals surface area contributed by atoms with Crippen molar-refractivity contribution in [2.75, 3.05) is 18.8 Å². The average Bonchev–Trinajstić information content (AvgIpc) is 2.86. The number of nitrogens with zero attached hydrogens (tertiary/aromatic N) is 1. The molecule has 1 rings (SSSR count). The van der Waals surface area contributed by atoms with Crippen LogP contribution in [0.15, 0.2) is 0 Å². The van der Waals surface area contributed by atoms with Crippen molar-refractivity contribution in [3.63, 3.8) is 0 Å². The van der Waals surface area contributed by atoms with E-state index in [0.717, 1.165) is 6.42 Å². The highest BCUT2D eigenvalue weighted by Crippen LogP contribution is 2.22. The molecule has 0 radical (unpaired) electrons. The molecule has 2 unspecified atom stereocenters. The first-order valence-electron chi connectivity index (χ1n) is 7.73. The maximum atomic E-state index is 12.2. The molecule has 2 N–H and O–H groups in total. The van der Waals surface area contributed by atoms with Crippen LogP contribution in [0.25, 0.3) is 0 Å². The smallest absolute Gasteiger partial charge is 0.238 e. The first kappa shape index (κ1) is 18.4. The van der Waals surface area contributed by atoms with Crippen LogP contribution in [-0.2, 0) is 14.8 Å². The van der Waals surface area contributed by atoms with Crippen molar-refractivity contribution in [1.29, 1.82) is 0 Å². The summed E-state index contributed by atoms with van der Waals surface area (Å²) in [6.07, 6.45) is 3.20. The van der Waals surface area contributed by atoms with Crippen LogP contribution in [0.5, 0.6) is 0 Å². The summed E-state index contributed by atoms with van der Waals surface area (Å²) in [4.78, 5) is 12.2. The van der Waals surface area contributed by atoms with Crippen LogP contribution in [0.1, 0.15) is 52.9 Å². The largest absolute Gasteiger partial charge is 0.388 e. The third kappa shape index (κ3) is 5.23. The SMILES string of the molecule is CCCC(C)(O)CNC(=O)C1CCCN1S(=O)(=O)CCC. The summed E-state index contributed by atoms with van der Waals surface area (Å²) in [7, 11) is -3.36. The Bertz CT molecular complexity index is 448. The maximum Gasteiger partial charge on any atom is 0.238 e. The number of rotatable bonds is 8. The first-order valence-corrected chi connectivity index (χ1v) is 9.34. The molecule has 7 heteroatoms. The Balaban J connectivity index is 2.65. The van der Waals surface area contributed by atoms with Gasteiger partial charge in [-0.25, -0.2) is 8.42 Å². The van der Waals surface area contributed by atoms with E-state index in [0.29, 0.717) is 32.2 Å². The standard InChI is InChI=1S/C14H28N2O4S/c1-4-8-14(3,18)11-15-13(17)12-7-6-9-16(12)21(19,20)10-5-2/h12,18H,4-11H2,1-3H3,(H,15,17). The number of hydrogen-bond donors (Lipinski definition) is 2. The average molecular weight is 320 g/mol. The number of carbonyl (C=O) groups is 1. The Kier molecular flexibility index (Phi) is 6.62. The predicted molar refractivity (Wildman–Crippen MR) is 82.3 cm³/mol. The summed E-state index contributed by atoms with van der Waals surface area (Å²) in [5.74, 6) is -0.229. The summed E-state index contributed by atoms with van der Waals surface area (Å²) in [6.45, 7) is 6.01. The van der Waals surface area contributed by atoms with Gasteiger partial charge in [-0.15, -0.1) is 0 Å². The summed E-state index contributed by atoms with van der Waals surface area (Å²) in [6, 6.07) is -0.626.